The number of carbonyl (C=O) groups excluding carboxylic acids is 1. The van der Waals surface area contributed by atoms with Crippen molar-refractivity contribution in [2.24, 2.45) is 0 Å². The molecule has 1 fully saturated rings. The number of nitrogens with one attached hydrogen (secondary N) is 2. The van der Waals surface area contributed by atoms with Crippen molar-refractivity contribution in [3.05, 3.63) is 28.7 Å². The Labute approximate surface area is 118 Å². The zero-order valence-corrected chi connectivity index (χ0v) is 11.7. The number of rotatable bonds is 5. The second-order valence-electron chi connectivity index (χ2n) is 4.93. The summed E-state index contributed by atoms with van der Waals surface area (Å²) in [6.07, 6.45) is 4.70. The standard InChI is InChI=1S/C14H21N3O3/c1-20-9-8-17-10-11(5-6-13(17)18)16-14(19)12-4-2-3-7-15-12/h5-6,10,12,15H,2-4,7-9H2,1H3,(H,16,19)/t12-/m0/s1. The average molecular weight is 279 g/mol. The average Bonchev–Trinajstić information content (AvgIpc) is 2.48. The molecule has 0 unspecified atom stereocenters. The lowest BCUT2D eigenvalue weighted by molar-refractivity contribution is -0.118. The fourth-order valence-electron chi connectivity index (χ4n) is 2.27. The summed E-state index contributed by atoms with van der Waals surface area (Å²) < 4.78 is 6.49. The quantitative estimate of drug-likeness (QED) is 0.827. The van der Waals surface area contributed by atoms with Crippen LogP contribution in [0.4, 0.5) is 5.69 Å². The van der Waals surface area contributed by atoms with Gasteiger partial charge in [0.2, 0.25) is 5.91 Å². The van der Waals surface area contributed by atoms with Gasteiger partial charge in [-0.05, 0) is 25.5 Å². The first-order valence-electron chi connectivity index (χ1n) is 6.94. The van der Waals surface area contributed by atoms with E-state index in [2.05, 4.69) is 10.6 Å². The van der Waals surface area contributed by atoms with E-state index in [0.29, 0.717) is 18.8 Å². The number of aromatic nitrogens is 1. The number of hydrogen-bond donors (Lipinski definition) is 2. The van der Waals surface area contributed by atoms with Crippen LogP contribution in [0.25, 0.3) is 0 Å². The van der Waals surface area contributed by atoms with Gasteiger partial charge < -0.3 is 19.9 Å². The lowest BCUT2D eigenvalue weighted by Gasteiger charge is -2.22. The molecule has 6 heteroatoms. The zero-order chi connectivity index (χ0) is 14.4. The van der Waals surface area contributed by atoms with Crippen molar-refractivity contribution in [3.63, 3.8) is 0 Å². The van der Waals surface area contributed by atoms with Gasteiger partial charge in [-0.3, -0.25) is 9.59 Å². The van der Waals surface area contributed by atoms with Crippen molar-refractivity contribution in [2.45, 2.75) is 31.8 Å². The van der Waals surface area contributed by atoms with E-state index < -0.39 is 0 Å². The van der Waals surface area contributed by atoms with Gasteiger partial charge in [0.25, 0.3) is 5.56 Å². The Morgan fingerprint density at radius 3 is 3.05 bits per heavy atom. The van der Waals surface area contributed by atoms with Crippen molar-refractivity contribution in [3.8, 4) is 0 Å². The Bertz CT molecular complexity index is 507. The van der Waals surface area contributed by atoms with Crippen molar-refractivity contribution in [1.82, 2.24) is 9.88 Å². The summed E-state index contributed by atoms with van der Waals surface area (Å²) in [5.74, 6) is -0.0401. The Morgan fingerprint density at radius 2 is 2.35 bits per heavy atom. The van der Waals surface area contributed by atoms with Crippen LogP contribution < -0.4 is 16.2 Å². The third-order valence-electron chi connectivity index (χ3n) is 3.41. The molecule has 1 aromatic rings. The molecule has 1 saturated heterocycles. The predicted molar refractivity (Wildman–Crippen MR) is 76.8 cm³/mol. The van der Waals surface area contributed by atoms with Crippen LogP contribution in [-0.2, 0) is 16.1 Å². The Kier molecular flexibility index (Phi) is 5.31. The van der Waals surface area contributed by atoms with E-state index in [-0.39, 0.29) is 17.5 Å². The molecule has 20 heavy (non-hydrogen) atoms. The summed E-state index contributed by atoms with van der Waals surface area (Å²) in [6.45, 7) is 1.81. The lowest BCUT2D eigenvalue weighted by Crippen LogP contribution is -2.43. The van der Waals surface area contributed by atoms with Crippen LogP contribution in [-0.4, -0.2) is 36.8 Å². The highest BCUT2D eigenvalue weighted by Crippen LogP contribution is 2.10. The maximum absolute atomic E-state index is 12.1. The molecule has 0 saturated carbocycles. The van der Waals surface area contributed by atoms with Gasteiger partial charge in [-0.1, -0.05) is 6.42 Å². The van der Waals surface area contributed by atoms with Gasteiger partial charge in [0.15, 0.2) is 0 Å². The van der Waals surface area contributed by atoms with Gasteiger partial charge in [-0.15, -0.1) is 0 Å². The first kappa shape index (κ1) is 14.7. The molecule has 2 N–H and O–H groups in total. The van der Waals surface area contributed by atoms with Crippen molar-refractivity contribution >= 4 is 11.6 Å². The van der Waals surface area contributed by atoms with E-state index in [0.717, 1.165) is 25.8 Å². The molecular weight excluding hydrogens is 258 g/mol. The molecule has 110 valence electrons. The smallest absolute Gasteiger partial charge is 0.250 e. The van der Waals surface area contributed by atoms with Crippen LogP contribution >= 0.6 is 0 Å². The molecule has 1 aliphatic rings. The molecule has 2 heterocycles. The highest BCUT2D eigenvalue weighted by atomic mass is 16.5. The summed E-state index contributed by atoms with van der Waals surface area (Å²) in [4.78, 5) is 23.7. The van der Waals surface area contributed by atoms with Gasteiger partial charge in [0.05, 0.1) is 18.3 Å². The number of anilines is 1. The van der Waals surface area contributed by atoms with Gasteiger partial charge in [0.1, 0.15) is 0 Å². The number of amides is 1. The van der Waals surface area contributed by atoms with Crippen LogP contribution in [0.2, 0.25) is 0 Å². The summed E-state index contributed by atoms with van der Waals surface area (Å²) in [7, 11) is 1.59. The van der Waals surface area contributed by atoms with Gasteiger partial charge >= 0.3 is 0 Å². The van der Waals surface area contributed by atoms with E-state index in [1.807, 2.05) is 0 Å². The molecule has 1 aliphatic heterocycles. The third kappa shape index (κ3) is 3.91. The van der Waals surface area contributed by atoms with Gasteiger partial charge in [-0.25, -0.2) is 0 Å². The molecule has 0 radical (unpaired) electrons. The van der Waals surface area contributed by atoms with Crippen molar-refractivity contribution in [2.75, 3.05) is 25.6 Å². The number of piperidine rings is 1. The summed E-state index contributed by atoms with van der Waals surface area (Å²) in [5, 5.41) is 6.05. The fourth-order valence-corrected chi connectivity index (χ4v) is 2.27. The van der Waals surface area contributed by atoms with Crippen LogP contribution in [0.15, 0.2) is 23.1 Å². The summed E-state index contributed by atoms with van der Waals surface area (Å²) in [5.41, 5.74) is 0.536. The second kappa shape index (κ2) is 7.21. The van der Waals surface area contributed by atoms with Gasteiger partial charge in [0, 0.05) is 25.9 Å². The SMILES string of the molecule is COCCn1cc(NC(=O)[C@@H]2CCCCN2)ccc1=O. The highest BCUT2D eigenvalue weighted by Gasteiger charge is 2.20. The van der Waals surface area contributed by atoms with Crippen LogP contribution in [0.3, 0.4) is 0 Å². The molecule has 0 bridgehead atoms. The molecular formula is C14H21N3O3. The van der Waals surface area contributed by atoms with Crippen molar-refractivity contribution in [1.29, 1.82) is 0 Å². The highest BCUT2D eigenvalue weighted by molar-refractivity contribution is 5.94. The molecule has 1 aromatic heterocycles. The van der Waals surface area contributed by atoms with E-state index in [1.54, 1.807) is 19.4 Å². The van der Waals surface area contributed by atoms with Crippen LogP contribution in [0.5, 0.6) is 0 Å². The Morgan fingerprint density at radius 1 is 1.50 bits per heavy atom. The minimum Gasteiger partial charge on any atom is -0.383 e. The molecule has 2 rings (SSSR count). The minimum absolute atomic E-state index is 0.0401. The largest absolute Gasteiger partial charge is 0.383 e. The van der Waals surface area contributed by atoms with Crippen molar-refractivity contribution < 1.29 is 9.53 Å². The fraction of sp³-hybridized carbons (Fsp3) is 0.571. The first-order chi connectivity index (χ1) is 9.70. The Balaban J connectivity index is 2.01. The van der Waals surface area contributed by atoms with Crippen LogP contribution in [0.1, 0.15) is 19.3 Å². The lowest BCUT2D eigenvalue weighted by atomic mass is 10.0. The maximum Gasteiger partial charge on any atom is 0.250 e. The summed E-state index contributed by atoms with van der Waals surface area (Å²) in [6, 6.07) is 2.95. The predicted octanol–water partition coefficient (Wildman–Crippen LogP) is 0.575. The zero-order valence-electron chi connectivity index (χ0n) is 11.7. The maximum atomic E-state index is 12.1. The first-order valence-corrected chi connectivity index (χ1v) is 6.94. The molecule has 1 atom stereocenters. The molecule has 1 amide bonds. The van der Waals surface area contributed by atoms with Gasteiger partial charge in [-0.2, -0.15) is 0 Å². The monoisotopic (exact) mass is 279 g/mol. The Hall–Kier alpha value is -1.66. The van der Waals surface area contributed by atoms with E-state index in [4.69, 9.17) is 4.74 Å². The second-order valence-corrected chi connectivity index (χ2v) is 4.93. The summed E-state index contributed by atoms with van der Waals surface area (Å²) >= 11 is 0. The molecule has 0 aromatic carbocycles. The number of methoxy groups -OCH3 is 1. The molecule has 0 aliphatic carbocycles. The van der Waals surface area contributed by atoms with E-state index >= 15 is 0 Å². The van der Waals surface area contributed by atoms with E-state index in [1.165, 1.54) is 10.6 Å². The number of ether oxygens (including phenoxy) is 1. The topological polar surface area (TPSA) is 72.4 Å². The molecule has 0 spiro atoms. The minimum atomic E-state index is -0.136. The number of carbonyl (C=O) groups is 1. The molecule has 6 nitrogen and oxygen atoms in total. The normalized spacial score (nSPS) is 18.8. The number of pyridine rings is 1. The van der Waals surface area contributed by atoms with Crippen LogP contribution in [0, 0.1) is 0 Å². The number of hydrogen-bond acceptors (Lipinski definition) is 4. The third-order valence-corrected chi connectivity index (χ3v) is 3.41. The van der Waals surface area contributed by atoms with E-state index in [9.17, 15) is 9.59 Å². The number of nitrogens with zero attached hydrogens (tertiary/aromatic N) is 1.